The van der Waals surface area contributed by atoms with Gasteiger partial charge in [-0.15, -0.1) is 11.3 Å². The molecule has 5 rings (SSSR count). The van der Waals surface area contributed by atoms with Gasteiger partial charge in [-0.2, -0.15) is 13.2 Å². The highest BCUT2D eigenvalue weighted by Crippen LogP contribution is 2.37. The highest BCUT2D eigenvalue weighted by molar-refractivity contribution is 7.85. The zero-order valence-corrected chi connectivity index (χ0v) is 24.0. The van der Waals surface area contributed by atoms with Crippen molar-refractivity contribution in [2.45, 2.75) is 35.7 Å². The molecule has 2 aliphatic heterocycles. The van der Waals surface area contributed by atoms with Crippen LogP contribution >= 0.6 is 11.3 Å². The van der Waals surface area contributed by atoms with E-state index >= 15 is 0 Å². The number of thiophene rings is 1. The number of aliphatic imine (C=N–C) groups is 1. The molecule has 0 bridgehead atoms. The molecule has 1 atom stereocenters. The van der Waals surface area contributed by atoms with Crippen molar-refractivity contribution in [1.82, 2.24) is 14.5 Å². The molecule has 41 heavy (non-hydrogen) atoms. The number of amides is 2. The maximum atomic E-state index is 13.7. The fourth-order valence-electron chi connectivity index (χ4n) is 4.92. The fraction of sp³-hybridized carbons (Fsp3) is 0.321. The monoisotopic (exact) mass is 606 g/mol. The van der Waals surface area contributed by atoms with Gasteiger partial charge in [0.25, 0.3) is 11.8 Å². The quantitative estimate of drug-likeness (QED) is 0.415. The van der Waals surface area contributed by atoms with Gasteiger partial charge in [0.1, 0.15) is 32.4 Å². The van der Waals surface area contributed by atoms with Crippen molar-refractivity contribution in [1.29, 1.82) is 0 Å². The number of rotatable bonds is 5. The smallest absolute Gasteiger partial charge is 0.345 e. The summed E-state index contributed by atoms with van der Waals surface area (Å²) in [5, 5.41) is 2.55. The van der Waals surface area contributed by atoms with Crippen molar-refractivity contribution in [3.63, 3.8) is 0 Å². The van der Waals surface area contributed by atoms with Crippen molar-refractivity contribution in [3.8, 4) is 10.4 Å². The largest absolute Gasteiger partial charge is 0.419 e. The number of nitrogens with one attached hydrogen (secondary N) is 1. The summed E-state index contributed by atoms with van der Waals surface area (Å²) in [6.45, 7) is 2.47. The molecule has 2 amide bonds. The molecule has 7 nitrogen and oxygen atoms in total. The summed E-state index contributed by atoms with van der Waals surface area (Å²) >= 11 is 1.38. The SMILES string of the molecule is Cc1cc(C(=O)N(C)C)ccc1-c1ccc(S(=O)N2CCC3(CC2)N=C(c2ccc(F)c(C(F)(F)F)c2)NC3=O)s1. The number of piperidine rings is 1. The van der Waals surface area contributed by atoms with Crippen LogP contribution in [0.15, 0.2) is 57.7 Å². The Balaban J connectivity index is 1.29. The van der Waals surface area contributed by atoms with Crippen LogP contribution in [0.5, 0.6) is 0 Å². The standard InChI is InChI=1S/C28H26F4N4O3S2/c1-16-14-18(25(37)35(2)3)4-6-19(16)22-8-9-23(40-22)41(39)36-12-10-27(11-13-36)26(38)33-24(34-27)17-5-7-21(29)20(15-17)28(30,31)32/h4-9,14-15H,10-13H2,1-3H3,(H,33,34,38). The molecule has 0 saturated carbocycles. The van der Waals surface area contributed by atoms with Crippen LogP contribution in [-0.2, 0) is 22.0 Å². The molecule has 1 spiro atoms. The van der Waals surface area contributed by atoms with Crippen LogP contribution in [0, 0.1) is 12.7 Å². The zero-order valence-electron chi connectivity index (χ0n) is 22.3. The number of carbonyl (C=O) groups is 2. The highest BCUT2D eigenvalue weighted by atomic mass is 32.2. The highest BCUT2D eigenvalue weighted by Gasteiger charge is 2.47. The number of amidine groups is 1. The van der Waals surface area contributed by atoms with E-state index in [0.29, 0.717) is 21.9 Å². The summed E-state index contributed by atoms with van der Waals surface area (Å²) in [6.07, 6.45) is -4.44. The number of aryl methyl sites for hydroxylation is 1. The summed E-state index contributed by atoms with van der Waals surface area (Å²) in [5.74, 6) is -1.97. The molecule has 3 heterocycles. The normalized spacial score (nSPS) is 17.8. The zero-order chi connectivity index (χ0) is 29.7. The van der Waals surface area contributed by atoms with Gasteiger partial charge in [0.2, 0.25) is 0 Å². The van der Waals surface area contributed by atoms with Crippen LogP contribution in [0.4, 0.5) is 17.6 Å². The number of carbonyl (C=O) groups excluding carboxylic acids is 2. The molecular formula is C28H26F4N4O3S2. The first kappa shape index (κ1) is 29.1. The van der Waals surface area contributed by atoms with Gasteiger partial charge in [-0.3, -0.25) is 14.6 Å². The number of halogens is 4. The fourth-order valence-corrected chi connectivity index (χ4v) is 7.57. The van der Waals surface area contributed by atoms with Gasteiger partial charge >= 0.3 is 6.18 Å². The second-order valence-electron chi connectivity index (χ2n) is 10.2. The van der Waals surface area contributed by atoms with Crippen LogP contribution < -0.4 is 5.32 Å². The molecule has 216 valence electrons. The molecule has 1 N–H and O–H groups in total. The van der Waals surface area contributed by atoms with E-state index in [0.717, 1.165) is 22.1 Å². The molecule has 1 unspecified atom stereocenters. The Kier molecular flexibility index (Phi) is 7.64. The van der Waals surface area contributed by atoms with E-state index in [1.165, 1.54) is 16.2 Å². The van der Waals surface area contributed by atoms with E-state index in [4.69, 9.17) is 0 Å². The van der Waals surface area contributed by atoms with E-state index < -0.39 is 40.0 Å². The van der Waals surface area contributed by atoms with Crippen molar-refractivity contribution in [2.24, 2.45) is 4.99 Å². The minimum absolute atomic E-state index is 0.0320. The third kappa shape index (κ3) is 5.57. The number of nitrogens with zero attached hydrogens (tertiary/aromatic N) is 3. The van der Waals surface area contributed by atoms with Crippen molar-refractivity contribution < 1.29 is 31.4 Å². The molecule has 1 saturated heterocycles. The molecule has 13 heteroatoms. The first-order valence-electron chi connectivity index (χ1n) is 12.7. The van der Waals surface area contributed by atoms with E-state index in [1.807, 2.05) is 25.1 Å². The first-order chi connectivity index (χ1) is 19.3. The Morgan fingerprint density at radius 3 is 2.44 bits per heavy atom. The molecule has 0 aliphatic carbocycles. The Morgan fingerprint density at radius 1 is 1.10 bits per heavy atom. The minimum Gasteiger partial charge on any atom is -0.345 e. The second-order valence-corrected chi connectivity index (χ2v) is 13.0. The third-order valence-electron chi connectivity index (χ3n) is 7.21. The summed E-state index contributed by atoms with van der Waals surface area (Å²) in [4.78, 5) is 32.0. The van der Waals surface area contributed by atoms with Crippen LogP contribution in [0.3, 0.4) is 0 Å². The van der Waals surface area contributed by atoms with Crippen molar-refractivity contribution in [2.75, 3.05) is 27.2 Å². The van der Waals surface area contributed by atoms with E-state index in [2.05, 4.69) is 10.3 Å². The summed E-state index contributed by atoms with van der Waals surface area (Å²) in [5.41, 5.74) is -0.212. The average molecular weight is 607 g/mol. The summed E-state index contributed by atoms with van der Waals surface area (Å²) in [7, 11) is 1.89. The molecule has 1 fully saturated rings. The molecular weight excluding hydrogens is 580 g/mol. The van der Waals surface area contributed by atoms with Gasteiger partial charge < -0.3 is 10.2 Å². The summed E-state index contributed by atoms with van der Waals surface area (Å²) in [6, 6.07) is 11.7. The predicted molar refractivity (Wildman–Crippen MR) is 149 cm³/mol. The summed E-state index contributed by atoms with van der Waals surface area (Å²) < 4.78 is 69.0. The lowest BCUT2D eigenvalue weighted by Crippen LogP contribution is -2.49. The first-order valence-corrected chi connectivity index (χ1v) is 14.6. The van der Waals surface area contributed by atoms with Crippen molar-refractivity contribution in [3.05, 3.63) is 76.6 Å². The molecule has 2 aliphatic rings. The van der Waals surface area contributed by atoms with Gasteiger partial charge in [-0.05, 0) is 73.4 Å². The Bertz CT molecular complexity index is 1590. The maximum Gasteiger partial charge on any atom is 0.419 e. The second kappa shape index (κ2) is 10.8. The number of alkyl halides is 3. The van der Waals surface area contributed by atoms with E-state index in [-0.39, 0.29) is 43.2 Å². The van der Waals surface area contributed by atoms with Crippen molar-refractivity contribution >= 4 is 40.0 Å². The van der Waals surface area contributed by atoms with Gasteiger partial charge in [0, 0.05) is 43.2 Å². The molecule has 1 aromatic heterocycles. The van der Waals surface area contributed by atoms with E-state index in [9.17, 15) is 31.4 Å². The Morgan fingerprint density at radius 2 is 1.80 bits per heavy atom. The lowest BCUT2D eigenvalue weighted by atomic mass is 9.89. The van der Waals surface area contributed by atoms with Gasteiger partial charge in [-0.25, -0.2) is 12.9 Å². The molecule has 3 aromatic rings. The van der Waals surface area contributed by atoms with Crippen LogP contribution in [0.1, 0.15) is 39.9 Å². The molecule has 2 aromatic carbocycles. The lowest BCUT2D eigenvalue weighted by Gasteiger charge is -2.34. The number of hydrogen-bond donors (Lipinski definition) is 1. The van der Waals surface area contributed by atoms with Crippen LogP contribution in [0.25, 0.3) is 10.4 Å². The number of hydrogen-bond acceptors (Lipinski definition) is 5. The van der Waals surface area contributed by atoms with Crippen LogP contribution in [0.2, 0.25) is 0 Å². The van der Waals surface area contributed by atoms with E-state index in [1.54, 1.807) is 30.5 Å². The topological polar surface area (TPSA) is 82.1 Å². The predicted octanol–water partition coefficient (Wildman–Crippen LogP) is 5.02. The lowest BCUT2D eigenvalue weighted by molar-refractivity contribution is -0.140. The van der Waals surface area contributed by atoms with Gasteiger partial charge in [0.15, 0.2) is 0 Å². The third-order valence-corrected chi connectivity index (χ3v) is 10.1. The number of benzene rings is 2. The Hall–Kier alpha value is -3.42. The molecule has 0 radical (unpaired) electrons. The van der Waals surface area contributed by atoms with Gasteiger partial charge in [-0.1, -0.05) is 6.07 Å². The average Bonchev–Trinajstić information content (AvgIpc) is 3.53. The maximum absolute atomic E-state index is 13.7. The van der Waals surface area contributed by atoms with Gasteiger partial charge in [0.05, 0.1) is 5.56 Å². The Labute approximate surface area is 240 Å². The minimum atomic E-state index is -4.88. The van der Waals surface area contributed by atoms with Crippen LogP contribution in [-0.4, -0.2) is 63.8 Å².